The third-order valence-corrected chi connectivity index (χ3v) is 7.56. The van der Waals surface area contributed by atoms with Crippen LogP contribution in [0.2, 0.25) is 0 Å². The molecule has 6 heteroatoms. The first-order chi connectivity index (χ1) is 14.0. The summed E-state index contributed by atoms with van der Waals surface area (Å²) in [7, 11) is -3.77. The number of hydrogen-bond donors (Lipinski definition) is 0. The highest BCUT2D eigenvalue weighted by Crippen LogP contribution is 2.47. The maximum Gasteiger partial charge on any atom is 0.279 e. The maximum absolute atomic E-state index is 13.6. The van der Waals surface area contributed by atoms with E-state index in [2.05, 4.69) is 6.07 Å². The molecular formula is C24H24N2O3S. The first kappa shape index (κ1) is 20.3. The van der Waals surface area contributed by atoms with Crippen molar-refractivity contribution >= 4 is 15.7 Å². The molecule has 0 spiro atoms. The third kappa shape index (κ3) is 3.32. The van der Waals surface area contributed by atoms with Crippen molar-refractivity contribution in [1.82, 2.24) is 4.41 Å². The first-order valence-electron chi connectivity index (χ1n) is 9.86. The van der Waals surface area contributed by atoms with Crippen molar-refractivity contribution in [2.45, 2.75) is 30.7 Å². The highest BCUT2D eigenvalue weighted by molar-refractivity contribution is 7.89. The molecule has 0 fully saturated rings. The highest BCUT2D eigenvalue weighted by atomic mass is 32.2. The number of hydrazone groups is 1. The second kappa shape index (κ2) is 7.70. The maximum atomic E-state index is 13.6. The van der Waals surface area contributed by atoms with Gasteiger partial charge in [-0.05, 0) is 54.5 Å². The summed E-state index contributed by atoms with van der Waals surface area (Å²) >= 11 is 0. The molecule has 0 radical (unpaired) electrons. The fraction of sp³-hybridized carbons (Fsp3) is 0.208. The molecule has 30 heavy (non-hydrogen) atoms. The van der Waals surface area contributed by atoms with Crippen LogP contribution in [0.5, 0.6) is 0 Å². The van der Waals surface area contributed by atoms with Gasteiger partial charge in [0.2, 0.25) is 0 Å². The molecule has 3 aromatic rings. The number of aryl methyl sites for hydroxylation is 1. The van der Waals surface area contributed by atoms with Crippen LogP contribution >= 0.6 is 0 Å². The predicted molar refractivity (Wildman–Crippen MR) is 118 cm³/mol. The summed E-state index contributed by atoms with van der Waals surface area (Å²) in [4.78, 5) is 0.282. The molecule has 154 valence electrons. The van der Waals surface area contributed by atoms with Gasteiger partial charge in [0.25, 0.3) is 10.0 Å². The van der Waals surface area contributed by atoms with Gasteiger partial charge in [-0.2, -0.15) is 17.9 Å². The van der Waals surface area contributed by atoms with Gasteiger partial charge in [0.15, 0.2) is 0 Å². The molecular weight excluding hydrogens is 396 g/mol. The van der Waals surface area contributed by atoms with Crippen LogP contribution in [0.1, 0.15) is 34.7 Å². The molecule has 0 saturated heterocycles. The molecule has 0 amide bonds. The van der Waals surface area contributed by atoms with Gasteiger partial charge in [0.1, 0.15) is 0 Å². The molecule has 2 N–H and O–H groups in total. The molecule has 0 bridgehead atoms. The molecule has 0 aromatic heterocycles. The summed E-state index contributed by atoms with van der Waals surface area (Å²) in [5.41, 5.74) is 5.13. The van der Waals surface area contributed by atoms with E-state index in [0.717, 1.165) is 35.2 Å². The monoisotopic (exact) mass is 420 g/mol. The molecule has 2 aliphatic rings. The van der Waals surface area contributed by atoms with E-state index >= 15 is 0 Å². The molecule has 1 aliphatic carbocycles. The Labute approximate surface area is 177 Å². The zero-order valence-electron chi connectivity index (χ0n) is 16.7. The van der Waals surface area contributed by atoms with Crippen molar-refractivity contribution < 1.29 is 13.9 Å². The van der Waals surface area contributed by atoms with Gasteiger partial charge in [-0.1, -0.05) is 72.3 Å². The van der Waals surface area contributed by atoms with Crippen LogP contribution in [-0.2, 0) is 16.4 Å². The summed E-state index contributed by atoms with van der Waals surface area (Å²) in [6.45, 7) is 1.95. The quantitative estimate of drug-likeness (QED) is 0.644. The lowest BCUT2D eigenvalue weighted by Crippen LogP contribution is -2.38. The van der Waals surface area contributed by atoms with Crippen LogP contribution in [0.4, 0.5) is 0 Å². The summed E-state index contributed by atoms with van der Waals surface area (Å²) in [5, 5.41) is 4.73. The van der Waals surface area contributed by atoms with Crippen molar-refractivity contribution in [1.29, 1.82) is 0 Å². The minimum Gasteiger partial charge on any atom is -0.412 e. The average molecular weight is 421 g/mol. The zero-order chi connectivity index (χ0) is 20.0. The molecule has 0 saturated carbocycles. The van der Waals surface area contributed by atoms with E-state index < -0.39 is 10.0 Å². The van der Waals surface area contributed by atoms with Crippen LogP contribution in [0.15, 0.2) is 88.9 Å². The minimum absolute atomic E-state index is 0. The van der Waals surface area contributed by atoms with Gasteiger partial charge >= 0.3 is 0 Å². The standard InChI is InChI=1S/C24H22N2O2S.H2O/c1-17-11-13-21(14-12-17)29(27,28)26-24-20(15-19-9-5-6-10-22(19)24)16-23(25-26)18-7-3-2-4-8-18;/h2-14,20,24H,15-16H2,1H3;1H2. The highest BCUT2D eigenvalue weighted by Gasteiger charge is 2.45. The van der Waals surface area contributed by atoms with Gasteiger partial charge in [0.05, 0.1) is 16.6 Å². The number of fused-ring (bicyclic) bond motifs is 3. The Hall–Kier alpha value is -2.96. The molecule has 2 atom stereocenters. The van der Waals surface area contributed by atoms with Crippen molar-refractivity contribution in [2.75, 3.05) is 0 Å². The lowest BCUT2D eigenvalue weighted by atomic mass is 9.91. The number of rotatable bonds is 3. The van der Waals surface area contributed by atoms with E-state index in [1.807, 2.05) is 67.6 Å². The molecule has 1 heterocycles. The summed E-state index contributed by atoms with van der Waals surface area (Å²) in [6, 6.07) is 24.8. The smallest absolute Gasteiger partial charge is 0.279 e. The Balaban J connectivity index is 0.00000218. The molecule has 2 unspecified atom stereocenters. The third-order valence-electron chi connectivity index (χ3n) is 5.89. The van der Waals surface area contributed by atoms with Gasteiger partial charge in [-0.15, -0.1) is 0 Å². The van der Waals surface area contributed by atoms with Gasteiger partial charge in [-0.25, -0.2) is 0 Å². The molecule has 5 nitrogen and oxygen atoms in total. The normalized spacial score (nSPS) is 20.0. The van der Waals surface area contributed by atoms with Gasteiger partial charge in [0, 0.05) is 0 Å². The van der Waals surface area contributed by atoms with E-state index in [1.54, 1.807) is 12.1 Å². The summed E-state index contributed by atoms with van der Waals surface area (Å²) < 4.78 is 28.7. The number of sulfonamides is 1. The van der Waals surface area contributed by atoms with Crippen LogP contribution in [0, 0.1) is 12.8 Å². The Bertz CT molecular complexity index is 1190. The second-order valence-electron chi connectivity index (χ2n) is 7.82. The Morgan fingerprint density at radius 3 is 2.27 bits per heavy atom. The molecule has 1 aliphatic heterocycles. The van der Waals surface area contributed by atoms with Crippen molar-refractivity contribution in [2.24, 2.45) is 11.0 Å². The zero-order valence-corrected chi connectivity index (χ0v) is 17.5. The Morgan fingerprint density at radius 1 is 0.867 bits per heavy atom. The second-order valence-corrected chi connectivity index (χ2v) is 9.61. The fourth-order valence-electron chi connectivity index (χ4n) is 4.44. The minimum atomic E-state index is -3.77. The number of hydrogen-bond acceptors (Lipinski definition) is 3. The number of nitrogens with zero attached hydrogens (tertiary/aromatic N) is 2. The molecule has 5 rings (SSSR count). The lowest BCUT2D eigenvalue weighted by molar-refractivity contribution is 0.249. The number of benzene rings is 3. The predicted octanol–water partition coefficient (Wildman–Crippen LogP) is 3.88. The topological polar surface area (TPSA) is 81.2 Å². The van der Waals surface area contributed by atoms with Crippen LogP contribution in [0.3, 0.4) is 0 Å². The van der Waals surface area contributed by atoms with Crippen LogP contribution in [-0.4, -0.2) is 24.0 Å². The molecule has 3 aromatic carbocycles. The Kier molecular flexibility index (Phi) is 5.22. The van der Waals surface area contributed by atoms with E-state index in [0.29, 0.717) is 0 Å². The lowest BCUT2D eigenvalue weighted by Gasteiger charge is -2.35. The van der Waals surface area contributed by atoms with E-state index in [9.17, 15) is 8.42 Å². The van der Waals surface area contributed by atoms with Gasteiger partial charge < -0.3 is 5.48 Å². The van der Waals surface area contributed by atoms with E-state index in [-0.39, 0.29) is 22.3 Å². The van der Waals surface area contributed by atoms with Crippen LogP contribution < -0.4 is 0 Å². The first-order valence-corrected chi connectivity index (χ1v) is 11.3. The van der Waals surface area contributed by atoms with Crippen LogP contribution in [0.25, 0.3) is 0 Å². The SMILES string of the molecule is Cc1ccc(S(=O)(=O)N2N=C(c3ccccc3)CC3Cc4ccccc4C32)cc1.O. The summed E-state index contributed by atoms with van der Waals surface area (Å²) in [5.74, 6) is 0.181. The van der Waals surface area contributed by atoms with E-state index in [4.69, 9.17) is 5.10 Å². The van der Waals surface area contributed by atoms with Crippen molar-refractivity contribution in [3.05, 3.63) is 101 Å². The van der Waals surface area contributed by atoms with Crippen molar-refractivity contribution in [3.8, 4) is 0 Å². The summed E-state index contributed by atoms with van der Waals surface area (Å²) in [6.07, 6.45) is 1.63. The fourth-order valence-corrected chi connectivity index (χ4v) is 5.92. The van der Waals surface area contributed by atoms with Gasteiger partial charge in [-0.3, -0.25) is 0 Å². The van der Waals surface area contributed by atoms with Crippen molar-refractivity contribution in [3.63, 3.8) is 0 Å². The average Bonchev–Trinajstić information content (AvgIpc) is 3.12. The largest absolute Gasteiger partial charge is 0.412 e. The van der Waals surface area contributed by atoms with E-state index in [1.165, 1.54) is 9.98 Å². The Morgan fingerprint density at radius 2 is 1.53 bits per heavy atom.